The predicted octanol–water partition coefficient (Wildman–Crippen LogP) is 0.601. The highest BCUT2D eigenvalue weighted by molar-refractivity contribution is 5.60. The summed E-state index contributed by atoms with van der Waals surface area (Å²) in [5.74, 6) is -1.21. The molecule has 0 fully saturated rings. The van der Waals surface area contributed by atoms with E-state index in [1.54, 1.807) is 13.8 Å². The highest BCUT2D eigenvalue weighted by Gasteiger charge is 2.30. The van der Waals surface area contributed by atoms with Gasteiger partial charge >= 0.3 is 0 Å². The number of hydrogen-bond donors (Lipinski definition) is 0. The van der Waals surface area contributed by atoms with Crippen LogP contribution in [0.5, 0.6) is 0 Å². The minimum atomic E-state index is -1.21. The van der Waals surface area contributed by atoms with E-state index in [0.717, 1.165) is 0 Å². The molecule has 0 aromatic heterocycles. The first-order valence-corrected chi connectivity index (χ1v) is 3.97. The van der Waals surface area contributed by atoms with E-state index in [0.29, 0.717) is 19.5 Å². The van der Waals surface area contributed by atoms with E-state index in [1.165, 1.54) is 7.11 Å². The molecule has 0 bridgehead atoms. The summed E-state index contributed by atoms with van der Waals surface area (Å²) in [6.45, 7) is 4.56. The zero-order valence-corrected chi connectivity index (χ0v) is 7.83. The van der Waals surface area contributed by atoms with Gasteiger partial charge in [0.2, 0.25) is 5.79 Å². The van der Waals surface area contributed by atoms with Crippen LogP contribution < -0.4 is 0 Å². The van der Waals surface area contributed by atoms with Crippen molar-refractivity contribution in [1.29, 1.82) is 0 Å². The summed E-state index contributed by atoms with van der Waals surface area (Å²) in [4.78, 5) is 10.7. The van der Waals surface area contributed by atoms with Crippen molar-refractivity contribution in [1.82, 2.24) is 0 Å². The maximum atomic E-state index is 10.7. The average molecular weight is 176 g/mol. The Kier molecular flexibility index (Phi) is 5.88. The van der Waals surface area contributed by atoms with Gasteiger partial charge in [0, 0.05) is 20.3 Å². The van der Waals surface area contributed by atoms with E-state index in [1.807, 2.05) is 0 Å². The highest BCUT2D eigenvalue weighted by atomic mass is 16.7. The Morgan fingerprint density at radius 1 is 1.25 bits per heavy atom. The van der Waals surface area contributed by atoms with Gasteiger partial charge in [-0.3, -0.25) is 4.79 Å². The van der Waals surface area contributed by atoms with Crippen LogP contribution in [-0.2, 0) is 19.0 Å². The summed E-state index contributed by atoms with van der Waals surface area (Å²) in [6, 6.07) is 0. The van der Waals surface area contributed by atoms with Crippen LogP contribution in [0.25, 0.3) is 0 Å². The third-order valence-electron chi connectivity index (χ3n) is 1.30. The molecule has 0 heterocycles. The van der Waals surface area contributed by atoms with Gasteiger partial charge in [0.25, 0.3) is 0 Å². The molecule has 0 aliphatic carbocycles. The number of aldehydes is 1. The lowest BCUT2D eigenvalue weighted by atomic mass is 10.3. The number of rotatable bonds is 7. The summed E-state index contributed by atoms with van der Waals surface area (Å²) in [5, 5.41) is 0. The Hall–Kier alpha value is -0.450. The minimum Gasteiger partial charge on any atom is -0.379 e. The van der Waals surface area contributed by atoms with Crippen LogP contribution in [-0.4, -0.2) is 39.0 Å². The third kappa shape index (κ3) is 3.30. The molecule has 0 N–H and O–H groups in total. The fraction of sp³-hybridized carbons (Fsp3) is 0.875. The first-order valence-electron chi connectivity index (χ1n) is 3.97. The largest absolute Gasteiger partial charge is 0.379 e. The molecular formula is C8H16O4. The Bertz CT molecular complexity index is 107. The summed E-state index contributed by atoms with van der Waals surface area (Å²) in [7, 11) is 1.50. The second-order valence-electron chi connectivity index (χ2n) is 2.23. The van der Waals surface area contributed by atoms with Crippen LogP contribution in [0.2, 0.25) is 0 Å². The maximum Gasteiger partial charge on any atom is 0.250 e. The molecule has 0 aliphatic heterocycles. The van der Waals surface area contributed by atoms with Gasteiger partial charge in [0.15, 0.2) is 6.29 Å². The zero-order chi connectivity index (χ0) is 9.45. The third-order valence-corrected chi connectivity index (χ3v) is 1.30. The van der Waals surface area contributed by atoms with E-state index in [2.05, 4.69) is 0 Å². The number of carbonyl (C=O) groups excluding carboxylic acids is 1. The summed E-state index contributed by atoms with van der Waals surface area (Å²) >= 11 is 0. The van der Waals surface area contributed by atoms with Gasteiger partial charge in [-0.05, 0) is 13.8 Å². The standard InChI is InChI=1S/C8H16O4/c1-4-11-8(6-9,7-10-3)12-5-2/h6H,4-5,7H2,1-3H3. The molecule has 0 spiro atoms. The van der Waals surface area contributed by atoms with Crippen LogP contribution in [0.3, 0.4) is 0 Å². The lowest BCUT2D eigenvalue weighted by Crippen LogP contribution is -2.42. The SMILES string of the molecule is CCOC(C=O)(COC)OCC. The van der Waals surface area contributed by atoms with Crippen molar-refractivity contribution in [3.8, 4) is 0 Å². The molecule has 4 heteroatoms. The van der Waals surface area contributed by atoms with Gasteiger partial charge in [-0.25, -0.2) is 0 Å². The van der Waals surface area contributed by atoms with Crippen molar-refractivity contribution in [2.24, 2.45) is 0 Å². The molecule has 0 saturated heterocycles. The van der Waals surface area contributed by atoms with Crippen LogP contribution in [0.1, 0.15) is 13.8 Å². The zero-order valence-electron chi connectivity index (χ0n) is 7.83. The second-order valence-corrected chi connectivity index (χ2v) is 2.23. The van der Waals surface area contributed by atoms with E-state index in [9.17, 15) is 4.79 Å². The van der Waals surface area contributed by atoms with Crippen molar-refractivity contribution < 1.29 is 19.0 Å². The monoisotopic (exact) mass is 176 g/mol. The fourth-order valence-electron chi connectivity index (χ4n) is 0.917. The van der Waals surface area contributed by atoms with Crippen molar-refractivity contribution in [2.45, 2.75) is 19.6 Å². The first-order chi connectivity index (χ1) is 5.74. The summed E-state index contributed by atoms with van der Waals surface area (Å²) in [5.41, 5.74) is 0. The topological polar surface area (TPSA) is 44.8 Å². The summed E-state index contributed by atoms with van der Waals surface area (Å²) in [6.07, 6.45) is 0.628. The summed E-state index contributed by atoms with van der Waals surface area (Å²) < 4.78 is 15.1. The normalized spacial score (nSPS) is 11.6. The average Bonchev–Trinajstić information content (AvgIpc) is 2.06. The number of carbonyl (C=O) groups is 1. The smallest absolute Gasteiger partial charge is 0.250 e. The van der Waals surface area contributed by atoms with Crippen molar-refractivity contribution in [3.63, 3.8) is 0 Å². The molecular weight excluding hydrogens is 160 g/mol. The van der Waals surface area contributed by atoms with Crippen LogP contribution in [0, 0.1) is 0 Å². The molecule has 0 atom stereocenters. The van der Waals surface area contributed by atoms with E-state index < -0.39 is 5.79 Å². The maximum absolute atomic E-state index is 10.7. The van der Waals surface area contributed by atoms with Gasteiger partial charge in [0.05, 0.1) is 0 Å². The Morgan fingerprint density at radius 2 is 1.75 bits per heavy atom. The molecule has 4 nitrogen and oxygen atoms in total. The van der Waals surface area contributed by atoms with Crippen LogP contribution in [0.15, 0.2) is 0 Å². The van der Waals surface area contributed by atoms with E-state index in [4.69, 9.17) is 14.2 Å². The molecule has 0 aromatic rings. The van der Waals surface area contributed by atoms with Crippen LogP contribution in [0.4, 0.5) is 0 Å². The Labute approximate surface area is 72.8 Å². The van der Waals surface area contributed by atoms with Gasteiger partial charge in [-0.2, -0.15) is 0 Å². The predicted molar refractivity (Wildman–Crippen MR) is 43.9 cm³/mol. The lowest BCUT2D eigenvalue weighted by molar-refractivity contribution is -0.233. The molecule has 0 radical (unpaired) electrons. The molecule has 72 valence electrons. The van der Waals surface area contributed by atoms with Crippen molar-refractivity contribution in [3.05, 3.63) is 0 Å². The quantitative estimate of drug-likeness (QED) is 0.421. The molecule has 0 amide bonds. The second kappa shape index (κ2) is 6.11. The van der Waals surface area contributed by atoms with Crippen LogP contribution >= 0.6 is 0 Å². The molecule has 0 rings (SSSR count). The van der Waals surface area contributed by atoms with Gasteiger partial charge in [-0.1, -0.05) is 0 Å². The van der Waals surface area contributed by atoms with Gasteiger partial charge < -0.3 is 14.2 Å². The molecule has 0 aromatic carbocycles. The van der Waals surface area contributed by atoms with Gasteiger partial charge in [0.1, 0.15) is 6.61 Å². The van der Waals surface area contributed by atoms with Gasteiger partial charge in [-0.15, -0.1) is 0 Å². The van der Waals surface area contributed by atoms with E-state index >= 15 is 0 Å². The molecule has 0 saturated carbocycles. The number of hydrogen-bond acceptors (Lipinski definition) is 4. The fourth-order valence-corrected chi connectivity index (χ4v) is 0.917. The van der Waals surface area contributed by atoms with E-state index in [-0.39, 0.29) is 6.61 Å². The molecule has 12 heavy (non-hydrogen) atoms. The lowest BCUT2D eigenvalue weighted by Gasteiger charge is -2.26. The Balaban J connectivity index is 4.16. The molecule has 0 aliphatic rings. The Morgan fingerprint density at radius 3 is 2.00 bits per heavy atom. The number of ether oxygens (including phenoxy) is 3. The molecule has 0 unspecified atom stereocenters. The van der Waals surface area contributed by atoms with Crippen molar-refractivity contribution in [2.75, 3.05) is 26.9 Å². The minimum absolute atomic E-state index is 0.123. The first kappa shape index (κ1) is 11.6. The highest BCUT2D eigenvalue weighted by Crippen LogP contribution is 2.10. The number of methoxy groups -OCH3 is 1. The van der Waals surface area contributed by atoms with Crippen molar-refractivity contribution >= 4 is 6.29 Å².